The van der Waals surface area contributed by atoms with Gasteiger partial charge in [0.25, 0.3) is 0 Å². The Hall–Kier alpha value is -2.03. The summed E-state index contributed by atoms with van der Waals surface area (Å²) in [6.07, 6.45) is 11.4. The quantitative estimate of drug-likeness (QED) is 0.866. The van der Waals surface area contributed by atoms with Crippen LogP contribution in [0.15, 0.2) is 42.5 Å². The second-order valence-electron chi connectivity index (χ2n) is 7.28. The van der Waals surface area contributed by atoms with E-state index in [1.54, 1.807) is 0 Å². The average molecular weight is 338 g/mol. The molecule has 1 aliphatic carbocycles. The highest BCUT2D eigenvalue weighted by Gasteiger charge is 2.34. The van der Waals surface area contributed by atoms with Gasteiger partial charge in [0.15, 0.2) is 0 Å². The van der Waals surface area contributed by atoms with Crippen LogP contribution in [0.5, 0.6) is 0 Å². The molecule has 2 aliphatic rings. The number of fused-ring (bicyclic) bond motifs is 1. The highest BCUT2D eigenvalue weighted by atomic mass is 16.2. The first-order chi connectivity index (χ1) is 12.1. The molecule has 3 heteroatoms. The molecule has 3 atom stereocenters. The van der Waals surface area contributed by atoms with Gasteiger partial charge in [-0.05, 0) is 51.2 Å². The minimum Gasteiger partial charge on any atom is -0.381 e. The second kappa shape index (κ2) is 7.90. The standard InChI is InChI=1S/C22H30N2O/c1-4-24(5-2)21(25)15-19-14-18-13-16(3)11-12-20(18)23-22(19)17-9-7-6-8-10-17/h6-9,11-13,17,19,22-23H,4-5,10,14-15H2,1-3H3/t17?,19-,22+/m1/s1. The predicted molar refractivity (Wildman–Crippen MR) is 105 cm³/mol. The third kappa shape index (κ3) is 3.97. The summed E-state index contributed by atoms with van der Waals surface area (Å²) in [5, 5.41) is 3.77. The summed E-state index contributed by atoms with van der Waals surface area (Å²) in [5.74, 6) is 1.07. The molecule has 1 aromatic carbocycles. The fourth-order valence-electron chi connectivity index (χ4n) is 4.19. The lowest BCUT2D eigenvalue weighted by Crippen LogP contribution is -2.43. The van der Waals surface area contributed by atoms with Crippen LogP contribution in [-0.4, -0.2) is 29.9 Å². The molecule has 3 nitrogen and oxygen atoms in total. The Kier molecular flexibility index (Phi) is 5.62. The van der Waals surface area contributed by atoms with Gasteiger partial charge in [-0.25, -0.2) is 0 Å². The van der Waals surface area contributed by atoms with Crippen molar-refractivity contribution in [1.29, 1.82) is 0 Å². The van der Waals surface area contributed by atoms with E-state index in [1.165, 1.54) is 16.8 Å². The molecular weight excluding hydrogens is 308 g/mol. The third-order valence-corrected chi connectivity index (χ3v) is 5.60. The zero-order valence-electron chi connectivity index (χ0n) is 15.7. The van der Waals surface area contributed by atoms with E-state index < -0.39 is 0 Å². The average Bonchev–Trinajstić information content (AvgIpc) is 2.63. The van der Waals surface area contributed by atoms with E-state index in [1.807, 2.05) is 4.90 Å². The fourth-order valence-corrected chi connectivity index (χ4v) is 4.19. The van der Waals surface area contributed by atoms with Crippen LogP contribution in [0.25, 0.3) is 0 Å². The molecule has 1 heterocycles. The van der Waals surface area contributed by atoms with E-state index in [0.717, 1.165) is 25.9 Å². The van der Waals surface area contributed by atoms with E-state index in [2.05, 4.69) is 68.6 Å². The summed E-state index contributed by atoms with van der Waals surface area (Å²) < 4.78 is 0. The number of nitrogens with zero attached hydrogens (tertiary/aromatic N) is 1. The Labute approximate surface area is 151 Å². The normalized spacial score (nSPS) is 24.5. The Balaban J connectivity index is 1.84. The molecule has 1 amide bonds. The summed E-state index contributed by atoms with van der Waals surface area (Å²) in [5.41, 5.74) is 3.88. The van der Waals surface area contributed by atoms with Gasteiger partial charge >= 0.3 is 0 Å². The summed E-state index contributed by atoms with van der Waals surface area (Å²) >= 11 is 0. The molecule has 1 aliphatic heterocycles. The minimum atomic E-state index is 0.285. The molecule has 0 spiro atoms. The number of benzene rings is 1. The van der Waals surface area contributed by atoms with Gasteiger partial charge < -0.3 is 10.2 Å². The van der Waals surface area contributed by atoms with Crippen molar-refractivity contribution in [3.63, 3.8) is 0 Å². The van der Waals surface area contributed by atoms with Gasteiger partial charge in [-0.2, -0.15) is 0 Å². The zero-order valence-corrected chi connectivity index (χ0v) is 15.7. The molecule has 25 heavy (non-hydrogen) atoms. The predicted octanol–water partition coefficient (Wildman–Crippen LogP) is 4.34. The first kappa shape index (κ1) is 17.8. The van der Waals surface area contributed by atoms with Crippen molar-refractivity contribution in [2.45, 2.75) is 46.1 Å². The molecule has 1 aromatic rings. The van der Waals surface area contributed by atoms with Gasteiger partial charge in [0.2, 0.25) is 5.91 Å². The van der Waals surface area contributed by atoms with E-state index in [4.69, 9.17) is 0 Å². The zero-order chi connectivity index (χ0) is 17.8. The number of carbonyl (C=O) groups is 1. The highest BCUT2D eigenvalue weighted by Crippen LogP contribution is 2.36. The van der Waals surface area contributed by atoms with Gasteiger partial charge in [-0.15, -0.1) is 0 Å². The summed E-state index contributed by atoms with van der Waals surface area (Å²) in [6, 6.07) is 6.95. The van der Waals surface area contributed by atoms with Crippen molar-refractivity contribution in [1.82, 2.24) is 4.90 Å². The molecule has 134 valence electrons. The topological polar surface area (TPSA) is 32.3 Å². The second-order valence-corrected chi connectivity index (χ2v) is 7.28. The number of anilines is 1. The van der Waals surface area contributed by atoms with Crippen LogP contribution in [0.1, 0.15) is 37.8 Å². The summed E-state index contributed by atoms with van der Waals surface area (Å²) in [4.78, 5) is 14.7. The lowest BCUT2D eigenvalue weighted by molar-refractivity contribution is -0.132. The largest absolute Gasteiger partial charge is 0.381 e. The molecule has 1 N–H and O–H groups in total. The molecule has 3 rings (SSSR count). The first-order valence-electron chi connectivity index (χ1n) is 9.59. The van der Waals surface area contributed by atoms with E-state index in [9.17, 15) is 4.79 Å². The van der Waals surface area contributed by atoms with Gasteiger partial charge in [-0.3, -0.25) is 4.79 Å². The van der Waals surface area contributed by atoms with Gasteiger partial charge in [-0.1, -0.05) is 42.0 Å². The number of rotatable bonds is 5. The maximum absolute atomic E-state index is 12.7. The van der Waals surface area contributed by atoms with Crippen molar-refractivity contribution >= 4 is 11.6 Å². The van der Waals surface area contributed by atoms with Crippen LogP contribution in [0.3, 0.4) is 0 Å². The number of hydrogen-bond donors (Lipinski definition) is 1. The molecule has 0 fully saturated rings. The SMILES string of the molecule is CCN(CC)C(=O)C[C@H]1Cc2cc(C)ccc2N[C@H]1C1C=CC=CC1. The molecular formula is C22H30N2O. The number of allylic oxidation sites excluding steroid dienone is 3. The van der Waals surface area contributed by atoms with Crippen molar-refractivity contribution in [2.75, 3.05) is 18.4 Å². The minimum absolute atomic E-state index is 0.285. The first-order valence-corrected chi connectivity index (χ1v) is 9.59. The molecule has 0 aromatic heterocycles. The molecule has 0 radical (unpaired) electrons. The summed E-state index contributed by atoms with van der Waals surface area (Å²) in [7, 11) is 0. The number of carbonyl (C=O) groups excluding carboxylic acids is 1. The van der Waals surface area contributed by atoms with Crippen molar-refractivity contribution in [3.05, 3.63) is 53.6 Å². The monoisotopic (exact) mass is 338 g/mol. The number of nitrogens with one attached hydrogen (secondary N) is 1. The van der Waals surface area contributed by atoms with Crippen LogP contribution < -0.4 is 5.32 Å². The van der Waals surface area contributed by atoms with Crippen LogP contribution in [-0.2, 0) is 11.2 Å². The Morgan fingerprint density at radius 2 is 2.04 bits per heavy atom. The van der Waals surface area contributed by atoms with Crippen LogP contribution in [0.2, 0.25) is 0 Å². The number of amides is 1. The van der Waals surface area contributed by atoms with Gasteiger partial charge in [0.1, 0.15) is 0 Å². The number of hydrogen-bond acceptors (Lipinski definition) is 2. The molecule has 0 saturated carbocycles. The lowest BCUT2D eigenvalue weighted by Gasteiger charge is -2.39. The van der Waals surface area contributed by atoms with Crippen LogP contribution in [0, 0.1) is 18.8 Å². The van der Waals surface area contributed by atoms with Crippen molar-refractivity contribution < 1.29 is 4.79 Å². The summed E-state index contributed by atoms with van der Waals surface area (Å²) in [6.45, 7) is 7.84. The maximum atomic E-state index is 12.7. The maximum Gasteiger partial charge on any atom is 0.222 e. The highest BCUT2D eigenvalue weighted by molar-refractivity contribution is 5.77. The van der Waals surface area contributed by atoms with Crippen molar-refractivity contribution in [2.24, 2.45) is 11.8 Å². The third-order valence-electron chi connectivity index (χ3n) is 5.60. The molecule has 1 unspecified atom stereocenters. The molecule has 0 saturated heterocycles. The van der Waals surface area contributed by atoms with Crippen LogP contribution in [0.4, 0.5) is 5.69 Å². The Bertz CT molecular complexity index is 673. The van der Waals surface area contributed by atoms with E-state index in [0.29, 0.717) is 24.3 Å². The van der Waals surface area contributed by atoms with Crippen molar-refractivity contribution in [3.8, 4) is 0 Å². The lowest BCUT2D eigenvalue weighted by atomic mass is 9.76. The Morgan fingerprint density at radius 3 is 2.72 bits per heavy atom. The van der Waals surface area contributed by atoms with Gasteiger partial charge in [0, 0.05) is 37.2 Å². The van der Waals surface area contributed by atoms with Crippen LogP contribution >= 0.6 is 0 Å². The Morgan fingerprint density at radius 1 is 1.24 bits per heavy atom. The smallest absolute Gasteiger partial charge is 0.222 e. The fraction of sp³-hybridized carbons (Fsp3) is 0.500. The molecule has 0 bridgehead atoms. The van der Waals surface area contributed by atoms with E-state index in [-0.39, 0.29) is 5.91 Å². The van der Waals surface area contributed by atoms with E-state index >= 15 is 0 Å². The number of aryl methyl sites for hydroxylation is 1. The van der Waals surface area contributed by atoms with Gasteiger partial charge in [0.05, 0.1) is 0 Å².